The Kier molecular flexibility index (Phi) is 4.56. The number of para-hydroxylation sites is 1. The molecule has 0 radical (unpaired) electrons. The molecule has 0 atom stereocenters. The predicted molar refractivity (Wildman–Crippen MR) is 139 cm³/mol. The lowest BCUT2D eigenvalue weighted by Gasteiger charge is -2.27. The number of hydrogen-bond acceptors (Lipinski definition) is 1. The molecule has 0 unspecified atom stereocenters. The molecule has 0 saturated heterocycles. The topological polar surface area (TPSA) is 3.24 Å². The standard InChI is InChI=1S/C30H20ClN/c31-24-17-15-22-8-6-12-30(29(22)19-24)32(25-9-2-1-3-10-25)26-18-16-23-14-13-21-7-4-5-11-27(21)28(23)20-26/h1-20H. The predicted octanol–water partition coefficient (Wildman–Crippen LogP) is 9.27. The molecule has 6 rings (SSSR count). The highest BCUT2D eigenvalue weighted by Crippen LogP contribution is 2.41. The zero-order chi connectivity index (χ0) is 21.5. The van der Waals surface area contributed by atoms with Crippen molar-refractivity contribution in [1.82, 2.24) is 0 Å². The van der Waals surface area contributed by atoms with E-state index >= 15 is 0 Å². The van der Waals surface area contributed by atoms with Crippen LogP contribution in [0.15, 0.2) is 121 Å². The van der Waals surface area contributed by atoms with E-state index in [1.807, 2.05) is 6.07 Å². The largest absolute Gasteiger partial charge is 0.310 e. The van der Waals surface area contributed by atoms with E-state index < -0.39 is 0 Å². The lowest BCUT2D eigenvalue weighted by atomic mass is 10.0. The molecule has 2 heteroatoms. The second kappa shape index (κ2) is 7.71. The lowest BCUT2D eigenvalue weighted by molar-refractivity contribution is 1.30. The quantitative estimate of drug-likeness (QED) is 0.253. The molecular weight excluding hydrogens is 410 g/mol. The Bertz CT molecular complexity index is 1590. The fourth-order valence-corrected chi connectivity index (χ4v) is 4.73. The number of halogens is 1. The Labute approximate surface area is 192 Å². The zero-order valence-electron chi connectivity index (χ0n) is 17.4. The first-order valence-electron chi connectivity index (χ1n) is 10.7. The number of rotatable bonds is 3. The van der Waals surface area contributed by atoms with Crippen LogP contribution in [-0.2, 0) is 0 Å². The average Bonchev–Trinajstić information content (AvgIpc) is 2.85. The van der Waals surface area contributed by atoms with Crippen molar-refractivity contribution in [3.05, 3.63) is 126 Å². The summed E-state index contributed by atoms with van der Waals surface area (Å²) in [4.78, 5) is 2.32. The van der Waals surface area contributed by atoms with E-state index in [-0.39, 0.29) is 0 Å². The highest BCUT2D eigenvalue weighted by Gasteiger charge is 2.16. The van der Waals surface area contributed by atoms with E-state index in [0.717, 1.165) is 27.5 Å². The van der Waals surface area contributed by atoms with Crippen molar-refractivity contribution in [3.8, 4) is 0 Å². The first kappa shape index (κ1) is 18.9. The number of benzene rings is 6. The summed E-state index contributed by atoms with van der Waals surface area (Å²) in [6, 6.07) is 42.7. The molecule has 152 valence electrons. The van der Waals surface area contributed by atoms with Gasteiger partial charge >= 0.3 is 0 Å². The Morgan fingerprint density at radius 3 is 1.97 bits per heavy atom. The second-order valence-electron chi connectivity index (χ2n) is 8.01. The Hall–Kier alpha value is -3.81. The Morgan fingerprint density at radius 2 is 1.09 bits per heavy atom. The van der Waals surface area contributed by atoms with Crippen LogP contribution in [0.1, 0.15) is 0 Å². The van der Waals surface area contributed by atoms with Gasteiger partial charge in [0.25, 0.3) is 0 Å². The van der Waals surface area contributed by atoms with Crippen LogP contribution in [0.2, 0.25) is 5.02 Å². The molecule has 0 heterocycles. The van der Waals surface area contributed by atoms with E-state index in [0.29, 0.717) is 0 Å². The second-order valence-corrected chi connectivity index (χ2v) is 8.44. The molecule has 0 saturated carbocycles. The third-order valence-corrected chi connectivity index (χ3v) is 6.30. The van der Waals surface area contributed by atoms with Gasteiger partial charge in [-0.25, -0.2) is 0 Å². The number of anilines is 3. The van der Waals surface area contributed by atoms with E-state index in [9.17, 15) is 0 Å². The maximum atomic E-state index is 6.41. The highest BCUT2D eigenvalue weighted by molar-refractivity contribution is 6.31. The van der Waals surface area contributed by atoms with Crippen LogP contribution in [-0.4, -0.2) is 0 Å². The minimum atomic E-state index is 0.738. The minimum absolute atomic E-state index is 0.738. The molecular formula is C30H20ClN. The van der Waals surface area contributed by atoms with Crippen molar-refractivity contribution in [2.24, 2.45) is 0 Å². The summed E-state index contributed by atoms with van der Waals surface area (Å²) < 4.78 is 0. The molecule has 0 aromatic heterocycles. The summed E-state index contributed by atoms with van der Waals surface area (Å²) in [7, 11) is 0. The fraction of sp³-hybridized carbons (Fsp3) is 0. The van der Waals surface area contributed by atoms with Gasteiger partial charge in [0, 0.05) is 21.8 Å². The summed E-state index contributed by atoms with van der Waals surface area (Å²) in [6.45, 7) is 0. The van der Waals surface area contributed by atoms with Crippen LogP contribution < -0.4 is 4.90 Å². The summed E-state index contributed by atoms with van der Waals surface area (Å²) in [5.41, 5.74) is 3.34. The van der Waals surface area contributed by atoms with E-state index in [1.54, 1.807) is 0 Å². The van der Waals surface area contributed by atoms with E-state index in [4.69, 9.17) is 11.6 Å². The summed E-state index contributed by atoms with van der Waals surface area (Å²) in [5.74, 6) is 0. The van der Waals surface area contributed by atoms with Gasteiger partial charge in [-0.3, -0.25) is 0 Å². The fourth-order valence-electron chi connectivity index (χ4n) is 4.56. The monoisotopic (exact) mass is 429 g/mol. The Morgan fingerprint density at radius 1 is 0.438 bits per heavy atom. The van der Waals surface area contributed by atoms with Gasteiger partial charge in [-0.05, 0) is 69.4 Å². The van der Waals surface area contributed by atoms with Gasteiger partial charge in [0.2, 0.25) is 0 Å². The molecule has 0 aliphatic rings. The molecule has 0 spiro atoms. The first-order chi connectivity index (χ1) is 15.8. The van der Waals surface area contributed by atoms with Crippen LogP contribution in [0.5, 0.6) is 0 Å². The highest BCUT2D eigenvalue weighted by atomic mass is 35.5. The maximum absolute atomic E-state index is 6.41. The average molecular weight is 430 g/mol. The normalized spacial score (nSPS) is 11.3. The van der Waals surface area contributed by atoms with Crippen molar-refractivity contribution < 1.29 is 0 Å². The molecule has 1 nitrogen and oxygen atoms in total. The lowest BCUT2D eigenvalue weighted by Crippen LogP contribution is -2.10. The summed E-state index contributed by atoms with van der Waals surface area (Å²) in [6.07, 6.45) is 0. The van der Waals surface area contributed by atoms with E-state index in [1.165, 1.54) is 26.9 Å². The molecule has 6 aromatic rings. The third kappa shape index (κ3) is 3.19. The van der Waals surface area contributed by atoms with Crippen LogP contribution in [0.3, 0.4) is 0 Å². The van der Waals surface area contributed by atoms with Crippen LogP contribution in [0.4, 0.5) is 17.1 Å². The molecule has 6 aromatic carbocycles. The Balaban J connectivity index is 1.66. The molecule has 32 heavy (non-hydrogen) atoms. The van der Waals surface area contributed by atoms with Gasteiger partial charge in [0.1, 0.15) is 0 Å². The van der Waals surface area contributed by atoms with Crippen molar-refractivity contribution in [1.29, 1.82) is 0 Å². The molecule has 0 N–H and O–H groups in total. The van der Waals surface area contributed by atoms with Crippen molar-refractivity contribution in [2.45, 2.75) is 0 Å². The van der Waals surface area contributed by atoms with Gasteiger partial charge in [-0.1, -0.05) is 90.5 Å². The summed E-state index contributed by atoms with van der Waals surface area (Å²) in [5, 5.41) is 8.03. The third-order valence-electron chi connectivity index (χ3n) is 6.06. The van der Waals surface area contributed by atoms with Crippen LogP contribution in [0.25, 0.3) is 32.3 Å². The molecule has 0 amide bonds. The zero-order valence-corrected chi connectivity index (χ0v) is 18.1. The number of fused-ring (bicyclic) bond motifs is 4. The van der Waals surface area contributed by atoms with Gasteiger partial charge in [-0.15, -0.1) is 0 Å². The first-order valence-corrected chi connectivity index (χ1v) is 11.1. The van der Waals surface area contributed by atoms with Crippen LogP contribution in [0, 0.1) is 0 Å². The van der Waals surface area contributed by atoms with Crippen molar-refractivity contribution in [3.63, 3.8) is 0 Å². The van der Waals surface area contributed by atoms with Gasteiger partial charge in [-0.2, -0.15) is 0 Å². The molecule has 0 bridgehead atoms. The molecule has 0 fully saturated rings. The SMILES string of the molecule is Clc1ccc2cccc(N(c3ccccc3)c3ccc4ccc5ccccc5c4c3)c2c1. The summed E-state index contributed by atoms with van der Waals surface area (Å²) >= 11 is 6.41. The number of nitrogens with zero attached hydrogens (tertiary/aromatic N) is 1. The van der Waals surface area contributed by atoms with E-state index in [2.05, 4.69) is 120 Å². The molecule has 0 aliphatic carbocycles. The van der Waals surface area contributed by atoms with Gasteiger partial charge < -0.3 is 4.90 Å². The molecule has 0 aliphatic heterocycles. The van der Waals surface area contributed by atoms with Crippen LogP contribution >= 0.6 is 11.6 Å². The van der Waals surface area contributed by atoms with Crippen molar-refractivity contribution >= 4 is 61.0 Å². The van der Waals surface area contributed by atoms with Crippen molar-refractivity contribution in [2.75, 3.05) is 4.90 Å². The van der Waals surface area contributed by atoms with Gasteiger partial charge in [0.05, 0.1) is 5.69 Å². The number of hydrogen-bond donors (Lipinski definition) is 0. The van der Waals surface area contributed by atoms with Gasteiger partial charge in [0.15, 0.2) is 0 Å². The smallest absolute Gasteiger partial charge is 0.0540 e. The minimum Gasteiger partial charge on any atom is -0.310 e. The maximum Gasteiger partial charge on any atom is 0.0540 e.